The smallest absolute Gasteiger partial charge is 0.0753 e. The lowest BCUT2D eigenvalue weighted by Gasteiger charge is -2.09. The lowest BCUT2D eigenvalue weighted by atomic mass is 10.0. The van der Waals surface area contributed by atoms with Gasteiger partial charge in [-0.1, -0.05) is 45.8 Å². The highest BCUT2D eigenvalue weighted by Crippen LogP contribution is 2.40. The Morgan fingerprint density at radius 3 is 2.59 bits per heavy atom. The second-order valence-corrected chi connectivity index (χ2v) is 8.79. The Balaban J connectivity index is 2.16. The van der Waals surface area contributed by atoms with E-state index in [9.17, 15) is 0 Å². The van der Waals surface area contributed by atoms with Crippen LogP contribution >= 0.6 is 59.1 Å². The third kappa shape index (κ3) is 3.66. The van der Waals surface area contributed by atoms with E-state index in [1.807, 2.05) is 0 Å². The molecule has 0 saturated heterocycles. The second-order valence-electron chi connectivity index (χ2n) is 3.94. The van der Waals surface area contributed by atoms with Crippen LogP contribution < -0.4 is 0 Å². The van der Waals surface area contributed by atoms with Gasteiger partial charge in [0, 0.05) is 4.83 Å². The number of aryl methyl sites for hydroxylation is 1. The number of benzene rings is 1. The van der Waals surface area contributed by atoms with Crippen molar-refractivity contribution in [1.29, 1.82) is 0 Å². The van der Waals surface area contributed by atoms with E-state index >= 15 is 0 Å². The summed E-state index contributed by atoms with van der Waals surface area (Å²) in [6, 6.07) is 10.8. The van der Waals surface area contributed by atoms with Gasteiger partial charge in [-0.05, 0) is 62.4 Å². The van der Waals surface area contributed by atoms with Crippen molar-refractivity contribution in [3.05, 3.63) is 54.6 Å². The molecule has 2 aromatic rings. The SMILES string of the molecule is Cc1cccc(CC(Br)c2cc(Br)sc2Br)c1. The van der Waals surface area contributed by atoms with Gasteiger partial charge in [-0.3, -0.25) is 0 Å². The summed E-state index contributed by atoms with van der Waals surface area (Å²) < 4.78 is 2.35. The maximum absolute atomic E-state index is 3.77. The van der Waals surface area contributed by atoms with Crippen molar-refractivity contribution >= 4 is 59.1 Å². The molecule has 0 amide bonds. The van der Waals surface area contributed by atoms with E-state index in [1.54, 1.807) is 11.3 Å². The molecule has 90 valence electrons. The van der Waals surface area contributed by atoms with Crippen molar-refractivity contribution < 1.29 is 0 Å². The van der Waals surface area contributed by atoms with Gasteiger partial charge in [-0.15, -0.1) is 11.3 Å². The van der Waals surface area contributed by atoms with Crippen molar-refractivity contribution in [1.82, 2.24) is 0 Å². The molecule has 0 aliphatic heterocycles. The highest BCUT2D eigenvalue weighted by atomic mass is 79.9. The number of alkyl halides is 1. The van der Waals surface area contributed by atoms with Crippen LogP contribution in [-0.4, -0.2) is 0 Å². The Hall–Kier alpha value is 0.360. The van der Waals surface area contributed by atoms with Crippen molar-refractivity contribution in [2.45, 2.75) is 18.2 Å². The summed E-state index contributed by atoms with van der Waals surface area (Å²) in [6.45, 7) is 2.13. The van der Waals surface area contributed by atoms with E-state index in [2.05, 4.69) is 85.0 Å². The molecule has 1 unspecified atom stereocenters. The molecule has 2 rings (SSSR count). The van der Waals surface area contributed by atoms with Gasteiger partial charge >= 0.3 is 0 Å². The Morgan fingerprint density at radius 2 is 2.00 bits per heavy atom. The average Bonchev–Trinajstić information content (AvgIpc) is 2.58. The summed E-state index contributed by atoms with van der Waals surface area (Å²) in [7, 11) is 0. The number of hydrogen-bond acceptors (Lipinski definition) is 1. The molecule has 1 atom stereocenters. The molecule has 0 fully saturated rings. The molecule has 0 aliphatic rings. The zero-order valence-electron chi connectivity index (χ0n) is 9.21. The van der Waals surface area contributed by atoms with E-state index < -0.39 is 0 Å². The number of rotatable bonds is 3. The number of thiophene rings is 1. The molecular formula is C13H11Br3S. The highest BCUT2D eigenvalue weighted by molar-refractivity contribution is 9.12. The predicted molar refractivity (Wildman–Crippen MR) is 86.3 cm³/mol. The minimum absolute atomic E-state index is 0.348. The second kappa shape index (κ2) is 6.00. The molecule has 4 heteroatoms. The fourth-order valence-corrected chi connectivity index (χ4v) is 5.89. The van der Waals surface area contributed by atoms with Gasteiger partial charge in [0.15, 0.2) is 0 Å². The van der Waals surface area contributed by atoms with Gasteiger partial charge in [-0.2, -0.15) is 0 Å². The molecule has 0 saturated carbocycles. The molecule has 0 nitrogen and oxygen atoms in total. The molecule has 1 aromatic heterocycles. The maximum atomic E-state index is 3.77. The van der Waals surface area contributed by atoms with Crippen LogP contribution in [0.25, 0.3) is 0 Å². The number of hydrogen-bond donors (Lipinski definition) is 0. The Bertz CT molecular complexity index is 519. The van der Waals surface area contributed by atoms with Crippen LogP contribution in [0.2, 0.25) is 0 Å². The molecule has 0 spiro atoms. The van der Waals surface area contributed by atoms with Crippen LogP contribution in [0.4, 0.5) is 0 Å². The predicted octanol–water partition coefficient (Wildman–Crippen LogP) is 6.26. The third-order valence-corrected chi connectivity index (χ3v) is 5.72. The van der Waals surface area contributed by atoms with E-state index in [-0.39, 0.29) is 0 Å². The van der Waals surface area contributed by atoms with Crippen LogP contribution in [0.1, 0.15) is 21.5 Å². The molecule has 1 aromatic carbocycles. The summed E-state index contributed by atoms with van der Waals surface area (Å²) in [5.74, 6) is 0. The van der Waals surface area contributed by atoms with Gasteiger partial charge < -0.3 is 0 Å². The summed E-state index contributed by atoms with van der Waals surface area (Å²) in [5, 5.41) is 0. The quantitative estimate of drug-likeness (QED) is 0.496. The topological polar surface area (TPSA) is 0 Å². The lowest BCUT2D eigenvalue weighted by Crippen LogP contribution is -1.94. The fraction of sp³-hybridized carbons (Fsp3) is 0.231. The lowest BCUT2D eigenvalue weighted by molar-refractivity contribution is 0.948. The van der Waals surface area contributed by atoms with E-state index in [1.165, 1.54) is 20.5 Å². The van der Waals surface area contributed by atoms with Crippen molar-refractivity contribution in [3.8, 4) is 0 Å². The Morgan fingerprint density at radius 1 is 1.24 bits per heavy atom. The Labute approximate surface area is 131 Å². The molecule has 1 heterocycles. The number of halogens is 3. The first kappa shape index (κ1) is 13.8. The first-order valence-electron chi connectivity index (χ1n) is 5.20. The first-order valence-corrected chi connectivity index (χ1v) is 8.52. The summed E-state index contributed by atoms with van der Waals surface area (Å²) in [5.41, 5.74) is 3.98. The van der Waals surface area contributed by atoms with Crippen LogP contribution in [0.15, 0.2) is 37.9 Å². The minimum Gasteiger partial charge on any atom is -0.121 e. The van der Waals surface area contributed by atoms with E-state index in [0.717, 1.165) is 10.2 Å². The van der Waals surface area contributed by atoms with Gasteiger partial charge in [0.05, 0.1) is 7.57 Å². The molecule has 0 bridgehead atoms. The monoisotopic (exact) mass is 436 g/mol. The maximum Gasteiger partial charge on any atom is 0.0753 e. The van der Waals surface area contributed by atoms with Crippen LogP contribution in [0, 0.1) is 6.92 Å². The van der Waals surface area contributed by atoms with Crippen molar-refractivity contribution in [2.24, 2.45) is 0 Å². The zero-order chi connectivity index (χ0) is 12.4. The van der Waals surface area contributed by atoms with Crippen molar-refractivity contribution in [3.63, 3.8) is 0 Å². The molecule has 0 aliphatic carbocycles. The normalized spacial score (nSPS) is 12.7. The average molecular weight is 439 g/mol. The Kier molecular flexibility index (Phi) is 4.87. The first-order chi connectivity index (χ1) is 8.06. The van der Waals surface area contributed by atoms with Gasteiger partial charge in [0.2, 0.25) is 0 Å². The molecule has 17 heavy (non-hydrogen) atoms. The largest absolute Gasteiger partial charge is 0.121 e. The fourth-order valence-electron chi connectivity index (χ4n) is 1.72. The van der Waals surface area contributed by atoms with Crippen molar-refractivity contribution in [2.75, 3.05) is 0 Å². The van der Waals surface area contributed by atoms with Crippen LogP contribution in [0.3, 0.4) is 0 Å². The van der Waals surface area contributed by atoms with Gasteiger partial charge in [0.1, 0.15) is 0 Å². The minimum atomic E-state index is 0.348. The van der Waals surface area contributed by atoms with Gasteiger partial charge in [0.25, 0.3) is 0 Å². The molecular weight excluding hydrogens is 428 g/mol. The molecule has 0 radical (unpaired) electrons. The van der Waals surface area contributed by atoms with E-state index in [4.69, 9.17) is 0 Å². The summed E-state index contributed by atoms with van der Waals surface area (Å²) in [6.07, 6.45) is 1.00. The standard InChI is InChI=1S/C13H11Br3S/c1-8-3-2-4-9(5-8)6-11(14)10-7-12(15)17-13(10)16/h2-5,7,11H,6H2,1H3. The summed E-state index contributed by atoms with van der Waals surface area (Å²) >= 11 is 12.6. The van der Waals surface area contributed by atoms with E-state index in [0.29, 0.717) is 4.83 Å². The summed E-state index contributed by atoms with van der Waals surface area (Å²) in [4.78, 5) is 0.348. The van der Waals surface area contributed by atoms with Crippen LogP contribution in [-0.2, 0) is 6.42 Å². The van der Waals surface area contributed by atoms with Crippen LogP contribution in [0.5, 0.6) is 0 Å². The zero-order valence-corrected chi connectivity index (χ0v) is 14.8. The molecule has 0 N–H and O–H groups in total. The third-order valence-electron chi connectivity index (χ3n) is 2.52. The highest BCUT2D eigenvalue weighted by Gasteiger charge is 2.14. The van der Waals surface area contributed by atoms with Gasteiger partial charge in [-0.25, -0.2) is 0 Å².